The number of hydrogen-bond acceptors (Lipinski definition) is 2. The van der Waals surface area contributed by atoms with E-state index in [9.17, 15) is 8.42 Å². The molecular weight excluding hydrogens is 336 g/mol. The monoisotopic (exact) mass is 352 g/mol. The van der Waals surface area contributed by atoms with Crippen LogP contribution in [0.25, 0.3) is 0 Å². The van der Waals surface area contributed by atoms with Crippen molar-refractivity contribution in [1.29, 1.82) is 0 Å². The van der Waals surface area contributed by atoms with Crippen LogP contribution in [-0.4, -0.2) is 14.7 Å². The first kappa shape index (κ1) is 15.3. The number of benzene rings is 2. The van der Waals surface area contributed by atoms with Crippen molar-refractivity contribution in [3.8, 4) is 0 Å². The molecule has 0 aliphatic carbocycles. The number of halogens is 1. The Labute approximate surface area is 128 Å². The summed E-state index contributed by atoms with van der Waals surface area (Å²) in [5.74, 6) is 0. The first-order valence-electron chi connectivity index (χ1n) is 6.30. The van der Waals surface area contributed by atoms with E-state index < -0.39 is 9.84 Å². The number of hydrogen-bond donors (Lipinski definition) is 0. The second kappa shape index (κ2) is 5.70. The topological polar surface area (TPSA) is 34.1 Å². The molecule has 0 aliphatic heterocycles. The second-order valence-electron chi connectivity index (χ2n) is 5.06. The largest absolute Gasteiger partial charge is 0.224 e. The first-order valence-corrected chi connectivity index (χ1v) is 9.11. The average Bonchev–Trinajstić information content (AvgIpc) is 2.40. The summed E-state index contributed by atoms with van der Waals surface area (Å²) in [5.41, 5.74) is 4.68. The lowest BCUT2D eigenvalue weighted by atomic mass is 9.98. The highest BCUT2D eigenvalue weighted by Gasteiger charge is 2.14. The summed E-state index contributed by atoms with van der Waals surface area (Å²) in [6.45, 7) is 4.14. The highest BCUT2D eigenvalue weighted by Crippen LogP contribution is 2.33. The van der Waals surface area contributed by atoms with Gasteiger partial charge in [0.2, 0.25) is 0 Å². The summed E-state index contributed by atoms with van der Waals surface area (Å²) in [6.07, 6.45) is 1.22. The van der Waals surface area contributed by atoms with E-state index in [1.54, 1.807) is 12.1 Å². The van der Waals surface area contributed by atoms with E-state index in [0.717, 1.165) is 5.56 Å². The van der Waals surface area contributed by atoms with Gasteiger partial charge in [0.05, 0.1) is 9.72 Å². The maximum atomic E-state index is 11.5. The van der Waals surface area contributed by atoms with Crippen molar-refractivity contribution >= 4 is 25.8 Å². The molecule has 2 aromatic rings. The minimum Gasteiger partial charge on any atom is -0.224 e. The number of rotatable bonds is 3. The molecule has 0 bridgehead atoms. The van der Waals surface area contributed by atoms with Gasteiger partial charge in [0.15, 0.2) is 9.84 Å². The molecule has 0 saturated heterocycles. The fraction of sp³-hybridized carbons (Fsp3) is 0.250. The van der Waals surface area contributed by atoms with Gasteiger partial charge in [-0.25, -0.2) is 8.42 Å². The summed E-state index contributed by atoms with van der Waals surface area (Å²) >= 11 is 3.70. The van der Waals surface area contributed by atoms with E-state index in [1.165, 1.54) is 22.9 Å². The van der Waals surface area contributed by atoms with Gasteiger partial charge in [-0.2, -0.15) is 0 Å². The van der Waals surface area contributed by atoms with Crippen LogP contribution in [0.2, 0.25) is 0 Å². The van der Waals surface area contributed by atoms with E-state index in [2.05, 4.69) is 48.0 Å². The van der Waals surface area contributed by atoms with Crippen molar-refractivity contribution in [3.63, 3.8) is 0 Å². The molecule has 0 heterocycles. The summed E-state index contributed by atoms with van der Waals surface area (Å²) in [6, 6.07) is 13.4. The van der Waals surface area contributed by atoms with E-state index in [4.69, 9.17) is 0 Å². The number of sulfone groups is 1. The van der Waals surface area contributed by atoms with Gasteiger partial charge < -0.3 is 0 Å². The van der Waals surface area contributed by atoms with Crippen molar-refractivity contribution in [3.05, 3.63) is 64.7 Å². The van der Waals surface area contributed by atoms with Crippen LogP contribution in [-0.2, 0) is 9.84 Å². The van der Waals surface area contributed by atoms with Gasteiger partial charge in [-0.05, 0) is 42.7 Å². The molecule has 0 spiro atoms. The highest BCUT2D eigenvalue weighted by atomic mass is 79.9. The Bertz CT molecular complexity index is 719. The zero-order valence-corrected chi connectivity index (χ0v) is 14.1. The molecule has 0 aliphatic rings. The third kappa shape index (κ3) is 3.30. The van der Waals surface area contributed by atoms with Crippen LogP contribution in [0.4, 0.5) is 0 Å². The van der Waals surface area contributed by atoms with Gasteiger partial charge in [0.25, 0.3) is 0 Å². The molecule has 4 heteroatoms. The van der Waals surface area contributed by atoms with E-state index in [1.807, 2.05) is 12.1 Å². The second-order valence-corrected chi connectivity index (χ2v) is 8.00. The molecule has 1 unspecified atom stereocenters. The van der Waals surface area contributed by atoms with Gasteiger partial charge in [0, 0.05) is 6.26 Å². The molecule has 0 aromatic heterocycles. The van der Waals surface area contributed by atoms with Crippen LogP contribution >= 0.6 is 15.9 Å². The van der Waals surface area contributed by atoms with Gasteiger partial charge in [-0.1, -0.05) is 51.8 Å². The van der Waals surface area contributed by atoms with Crippen molar-refractivity contribution in [2.24, 2.45) is 0 Å². The van der Waals surface area contributed by atoms with Crippen molar-refractivity contribution < 1.29 is 8.42 Å². The lowest BCUT2D eigenvalue weighted by Crippen LogP contribution is -1.99. The fourth-order valence-corrected chi connectivity index (χ4v) is 3.53. The molecule has 2 rings (SSSR count). The molecule has 2 aromatic carbocycles. The lowest BCUT2D eigenvalue weighted by Gasteiger charge is -2.15. The minimum absolute atomic E-state index is 0.0658. The van der Waals surface area contributed by atoms with Crippen molar-refractivity contribution in [2.75, 3.05) is 6.26 Å². The van der Waals surface area contributed by atoms with Crippen molar-refractivity contribution in [2.45, 2.75) is 23.6 Å². The van der Waals surface area contributed by atoms with Gasteiger partial charge in [-0.15, -0.1) is 0 Å². The first-order chi connectivity index (χ1) is 9.29. The van der Waals surface area contributed by atoms with E-state index >= 15 is 0 Å². The van der Waals surface area contributed by atoms with Gasteiger partial charge in [-0.3, -0.25) is 0 Å². The van der Waals surface area contributed by atoms with E-state index in [-0.39, 0.29) is 4.83 Å². The summed E-state index contributed by atoms with van der Waals surface area (Å²) in [5, 5.41) is 0. The SMILES string of the molecule is Cc1ccc(C)c(C(Br)c2ccc(S(C)(=O)=O)cc2)c1. The Kier molecular flexibility index (Phi) is 4.35. The Hall–Kier alpha value is -1.13. The molecule has 2 nitrogen and oxygen atoms in total. The molecule has 0 amide bonds. The van der Waals surface area contributed by atoms with Crippen molar-refractivity contribution in [1.82, 2.24) is 0 Å². The summed E-state index contributed by atoms with van der Waals surface area (Å²) in [7, 11) is -3.14. The van der Waals surface area contributed by atoms with Crippen LogP contribution in [0, 0.1) is 13.8 Å². The quantitative estimate of drug-likeness (QED) is 0.776. The molecule has 0 radical (unpaired) electrons. The van der Waals surface area contributed by atoms with E-state index in [0.29, 0.717) is 4.90 Å². The zero-order chi connectivity index (χ0) is 14.9. The molecule has 106 valence electrons. The maximum absolute atomic E-state index is 11.5. The molecule has 20 heavy (non-hydrogen) atoms. The van der Waals surface area contributed by atoms with Gasteiger partial charge >= 0.3 is 0 Å². The molecule has 1 atom stereocenters. The lowest BCUT2D eigenvalue weighted by molar-refractivity contribution is 0.602. The van der Waals surface area contributed by atoms with Crippen LogP contribution in [0.5, 0.6) is 0 Å². The normalized spacial score (nSPS) is 13.2. The zero-order valence-electron chi connectivity index (χ0n) is 11.7. The number of alkyl halides is 1. The number of aryl methyl sites for hydroxylation is 2. The standard InChI is InChI=1S/C16H17BrO2S/c1-11-4-5-12(2)15(10-11)16(17)13-6-8-14(9-7-13)20(3,18)19/h4-10,16H,1-3H3. The van der Waals surface area contributed by atoms with Gasteiger partial charge in [0.1, 0.15) is 0 Å². The van der Waals surface area contributed by atoms with Crippen LogP contribution < -0.4 is 0 Å². The fourth-order valence-electron chi connectivity index (χ4n) is 2.10. The molecular formula is C16H17BrO2S. The third-order valence-electron chi connectivity index (χ3n) is 3.31. The Morgan fingerprint density at radius 3 is 2.15 bits per heavy atom. The molecule has 0 saturated carbocycles. The van der Waals surface area contributed by atoms with Crippen LogP contribution in [0.15, 0.2) is 47.4 Å². The summed E-state index contributed by atoms with van der Waals surface area (Å²) in [4.78, 5) is 0.415. The Morgan fingerprint density at radius 1 is 1.00 bits per heavy atom. The average molecular weight is 353 g/mol. The molecule has 0 fully saturated rings. The third-order valence-corrected chi connectivity index (χ3v) is 5.46. The molecule has 0 N–H and O–H groups in total. The Morgan fingerprint density at radius 2 is 1.60 bits per heavy atom. The maximum Gasteiger partial charge on any atom is 0.175 e. The van der Waals surface area contributed by atoms with Crippen LogP contribution in [0.1, 0.15) is 27.1 Å². The Balaban J connectivity index is 2.39. The predicted octanol–water partition coefficient (Wildman–Crippen LogP) is 4.19. The highest BCUT2D eigenvalue weighted by molar-refractivity contribution is 9.09. The minimum atomic E-state index is -3.14. The van der Waals surface area contributed by atoms with Crippen LogP contribution in [0.3, 0.4) is 0 Å². The predicted molar refractivity (Wildman–Crippen MR) is 86.2 cm³/mol. The summed E-state index contributed by atoms with van der Waals surface area (Å²) < 4.78 is 22.9. The smallest absolute Gasteiger partial charge is 0.175 e.